The van der Waals surface area contributed by atoms with E-state index in [1.54, 1.807) is 6.07 Å². The number of carbonyl (C=O) groups excluding carboxylic acids is 2. The topological polar surface area (TPSA) is 150 Å². The number of rotatable bonds is 11. The van der Waals surface area contributed by atoms with Crippen LogP contribution in [0.4, 0.5) is 13.2 Å². The Morgan fingerprint density at radius 1 is 1.03 bits per heavy atom. The molecule has 1 unspecified atom stereocenters. The van der Waals surface area contributed by atoms with E-state index in [0.717, 1.165) is 12.1 Å². The standard InChI is InChI=1S/C24H23F3N6O6/c1-36-19-9-8-16(20(37-2)21(19)38-3)22(34)29-10-11-33-13-18(31-32-33)23(35)30-17(12-28)14-4-6-15(7-5-14)39-24(25,26)27/h4-9,13,17H,10-11H2,1-3H3,(H,29,34)(H,30,35). The predicted octanol–water partition coefficient (Wildman–Crippen LogP) is 2.63. The molecule has 206 valence electrons. The van der Waals surface area contributed by atoms with Crippen molar-refractivity contribution >= 4 is 11.8 Å². The smallest absolute Gasteiger partial charge is 0.493 e. The molecule has 0 spiro atoms. The quantitative estimate of drug-likeness (QED) is 0.369. The number of ether oxygens (including phenoxy) is 4. The minimum atomic E-state index is -4.85. The van der Waals surface area contributed by atoms with Crippen molar-refractivity contribution in [2.75, 3.05) is 27.9 Å². The summed E-state index contributed by atoms with van der Waals surface area (Å²) < 4.78 is 57.9. The third-order valence-electron chi connectivity index (χ3n) is 5.20. The van der Waals surface area contributed by atoms with Crippen LogP contribution in [0.5, 0.6) is 23.0 Å². The lowest BCUT2D eigenvalue weighted by Gasteiger charge is -2.15. The van der Waals surface area contributed by atoms with E-state index in [2.05, 4.69) is 25.7 Å². The van der Waals surface area contributed by atoms with Crippen molar-refractivity contribution in [2.45, 2.75) is 18.9 Å². The first-order valence-electron chi connectivity index (χ1n) is 11.1. The van der Waals surface area contributed by atoms with Crippen LogP contribution in [-0.4, -0.2) is 61.0 Å². The van der Waals surface area contributed by atoms with Crippen LogP contribution in [0.25, 0.3) is 0 Å². The van der Waals surface area contributed by atoms with Gasteiger partial charge in [0, 0.05) is 6.54 Å². The molecule has 15 heteroatoms. The number of methoxy groups -OCH3 is 3. The predicted molar refractivity (Wildman–Crippen MR) is 127 cm³/mol. The molecule has 1 atom stereocenters. The third-order valence-corrected chi connectivity index (χ3v) is 5.20. The van der Waals surface area contributed by atoms with Gasteiger partial charge in [-0.2, -0.15) is 5.26 Å². The van der Waals surface area contributed by atoms with E-state index < -0.39 is 30.0 Å². The normalized spacial score (nSPS) is 11.6. The highest BCUT2D eigenvalue weighted by Crippen LogP contribution is 2.39. The molecular weight excluding hydrogens is 525 g/mol. The third kappa shape index (κ3) is 7.28. The van der Waals surface area contributed by atoms with Gasteiger partial charge in [0.25, 0.3) is 11.8 Å². The maximum Gasteiger partial charge on any atom is 0.573 e. The van der Waals surface area contributed by atoms with Crippen molar-refractivity contribution in [3.63, 3.8) is 0 Å². The molecule has 2 N–H and O–H groups in total. The molecule has 0 aliphatic heterocycles. The molecule has 0 fully saturated rings. The van der Waals surface area contributed by atoms with Crippen molar-refractivity contribution in [3.05, 3.63) is 59.4 Å². The molecule has 0 bridgehead atoms. The Morgan fingerprint density at radius 3 is 2.31 bits per heavy atom. The highest BCUT2D eigenvalue weighted by Gasteiger charge is 2.31. The van der Waals surface area contributed by atoms with Crippen LogP contribution < -0.4 is 29.6 Å². The second-order valence-corrected chi connectivity index (χ2v) is 7.66. The van der Waals surface area contributed by atoms with Gasteiger partial charge in [-0.25, -0.2) is 4.68 Å². The lowest BCUT2D eigenvalue weighted by molar-refractivity contribution is -0.274. The van der Waals surface area contributed by atoms with Crippen molar-refractivity contribution < 1.29 is 41.7 Å². The highest BCUT2D eigenvalue weighted by molar-refractivity contribution is 5.98. The molecule has 0 radical (unpaired) electrons. The SMILES string of the molecule is COc1ccc(C(=O)NCCn2cc(C(=O)NC(C#N)c3ccc(OC(F)(F)F)cc3)nn2)c(OC)c1OC. The number of carbonyl (C=O) groups is 2. The minimum Gasteiger partial charge on any atom is -0.493 e. The summed E-state index contributed by atoms with van der Waals surface area (Å²) in [5.41, 5.74) is 0.343. The summed E-state index contributed by atoms with van der Waals surface area (Å²) in [6.07, 6.45) is -3.54. The van der Waals surface area contributed by atoms with Crippen LogP contribution >= 0.6 is 0 Å². The molecule has 1 heterocycles. The van der Waals surface area contributed by atoms with E-state index in [-0.39, 0.29) is 41.4 Å². The van der Waals surface area contributed by atoms with E-state index in [0.29, 0.717) is 5.75 Å². The van der Waals surface area contributed by atoms with Crippen LogP contribution in [0.3, 0.4) is 0 Å². The number of alkyl halides is 3. The Morgan fingerprint density at radius 2 is 1.72 bits per heavy atom. The van der Waals surface area contributed by atoms with E-state index in [4.69, 9.17) is 14.2 Å². The van der Waals surface area contributed by atoms with Gasteiger partial charge in [0.1, 0.15) is 11.8 Å². The summed E-state index contributed by atoms with van der Waals surface area (Å²) in [4.78, 5) is 25.2. The Labute approximate surface area is 220 Å². The fourth-order valence-electron chi connectivity index (χ4n) is 3.43. The average Bonchev–Trinajstić information content (AvgIpc) is 3.39. The van der Waals surface area contributed by atoms with Gasteiger partial charge < -0.3 is 29.6 Å². The molecule has 2 aromatic carbocycles. The van der Waals surface area contributed by atoms with Crippen molar-refractivity contribution in [1.82, 2.24) is 25.6 Å². The first-order valence-corrected chi connectivity index (χ1v) is 11.1. The van der Waals surface area contributed by atoms with Gasteiger partial charge in [0.2, 0.25) is 5.75 Å². The summed E-state index contributed by atoms with van der Waals surface area (Å²) >= 11 is 0. The average molecular weight is 548 g/mol. The molecule has 3 aromatic rings. The molecule has 12 nitrogen and oxygen atoms in total. The highest BCUT2D eigenvalue weighted by atomic mass is 19.4. The molecular formula is C24H23F3N6O6. The summed E-state index contributed by atoms with van der Waals surface area (Å²) in [7, 11) is 4.27. The number of halogens is 3. The number of nitriles is 1. The van der Waals surface area contributed by atoms with E-state index in [1.807, 2.05) is 6.07 Å². The number of amides is 2. The Hall–Kier alpha value is -5.00. The molecule has 0 saturated carbocycles. The Balaban J connectivity index is 1.58. The van der Waals surface area contributed by atoms with E-state index in [1.165, 1.54) is 50.4 Å². The number of aromatic nitrogens is 3. The van der Waals surface area contributed by atoms with Gasteiger partial charge in [0.05, 0.1) is 45.7 Å². The monoisotopic (exact) mass is 548 g/mol. The number of nitrogens with one attached hydrogen (secondary N) is 2. The van der Waals surface area contributed by atoms with Crippen molar-refractivity contribution in [2.24, 2.45) is 0 Å². The number of benzene rings is 2. The van der Waals surface area contributed by atoms with Gasteiger partial charge in [-0.05, 0) is 29.8 Å². The maximum atomic E-state index is 12.7. The molecule has 2 amide bonds. The fourth-order valence-corrected chi connectivity index (χ4v) is 3.43. The zero-order chi connectivity index (χ0) is 28.6. The second-order valence-electron chi connectivity index (χ2n) is 7.66. The van der Waals surface area contributed by atoms with Crippen molar-refractivity contribution in [1.29, 1.82) is 5.26 Å². The molecule has 1 aromatic heterocycles. The first kappa shape index (κ1) is 28.6. The van der Waals surface area contributed by atoms with Crippen LogP contribution in [0.2, 0.25) is 0 Å². The molecule has 0 aliphatic rings. The van der Waals surface area contributed by atoms with Crippen LogP contribution in [-0.2, 0) is 6.54 Å². The molecule has 3 rings (SSSR count). The first-order chi connectivity index (χ1) is 18.6. The number of hydrogen-bond donors (Lipinski definition) is 2. The van der Waals surface area contributed by atoms with Gasteiger partial charge >= 0.3 is 6.36 Å². The summed E-state index contributed by atoms with van der Waals surface area (Å²) in [5, 5.41) is 22.1. The zero-order valence-corrected chi connectivity index (χ0v) is 20.9. The lowest BCUT2D eigenvalue weighted by atomic mass is 10.1. The van der Waals surface area contributed by atoms with Crippen LogP contribution in [0, 0.1) is 11.3 Å². The zero-order valence-electron chi connectivity index (χ0n) is 20.9. The molecule has 0 saturated heterocycles. The van der Waals surface area contributed by atoms with Gasteiger partial charge in [0.15, 0.2) is 17.2 Å². The summed E-state index contributed by atoms with van der Waals surface area (Å²) in [6.45, 7) is 0.276. The lowest BCUT2D eigenvalue weighted by Crippen LogP contribution is -2.28. The van der Waals surface area contributed by atoms with E-state index >= 15 is 0 Å². The molecule has 0 aliphatic carbocycles. The van der Waals surface area contributed by atoms with Crippen molar-refractivity contribution in [3.8, 4) is 29.1 Å². The number of hydrogen-bond acceptors (Lipinski definition) is 9. The van der Waals surface area contributed by atoms with Crippen LogP contribution in [0.15, 0.2) is 42.6 Å². The minimum absolute atomic E-state index is 0.111. The van der Waals surface area contributed by atoms with E-state index in [9.17, 15) is 28.0 Å². The molecule has 39 heavy (non-hydrogen) atoms. The number of nitrogens with zero attached hydrogens (tertiary/aromatic N) is 4. The summed E-state index contributed by atoms with van der Waals surface area (Å²) in [5.74, 6) is -0.791. The second kappa shape index (κ2) is 12.5. The largest absolute Gasteiger partial charge is 0.573 e. The Bertz CT molecular complexity index is 1350. The Kier molecular flexibility index (Phi) is 9.15. The maximum absolute atomic E-state index is 12.7. The fraction of sp³-hybridized carbons (Fsp3) is 0.292. The van der Waals surface area contributed by atoms with Gasteiger partial charge in [-0.15, -0.1) is 18.3 Å². The van der Waals surface area contributed by atoms with Crippen LogP contribution in [0.1, 0.15) is 32.5 Å². The van der Waals surface area contributed by atoms with Gasteiger partial charge in [-0.1, -0.05) is 17.3 Å². The summed E-state index contributed by atoms with van der Waals surface area (Å²) in [6, 6.07) is 8.29. The van der Waals surface area contributed by atoms with Gasteiger partial charge in [-0.3, -0.25) is 9.59 Å².